The van der Waals surface area contributed by atoms with Crippen molar-refractivity contribution in [2.45, 2.75) is 18.6 Å². The molecule has 0 amide bonds. The number of nitrogens with two attached hydrogens (primary N) is 1. The molecule has 0 saturated carbocycles. The van der Waals surface area contributed by atoms with Gasteiger partial charge >= 0.3 is 0 Å². The first kappa shape index (κ1) is 13.5. The number of nitrogen functional groups attached to an aromatic ring is 1. The van der Waals surface area contributed by atoms with Crippen LogP contribution >= 0.6 is 0 Å². The highest BCUT2D eigenvalue weighted by Gasteiger charge is 2.06. The van der Waals surface area contributed by atoms with E-state index in [1.165, 1.54) is 0 Å². The first-order valence-electron chi connectivity index (χ1n) is 5.40. The summed E-state index contributed by atoms with van der Waals surface area (Å²) in [5, 5.41) is 12.3. The summed E-state index contributed by atoms with van der Waals surface area (Å²) in [5.41, 5.74) is 7.49. The van der Waals surface area contributed by atoms with Crippen LogP contribution in [0.4, 0.5) is 11.4 Å². The summed E-state index contributed by atoms with van der Waals surface area (Å²) < 4.78 is 11.2. The quantitative estimate of drug-likeness (QED) is 0.781. The van der Waals surface area contributed by atoms with Crippen LogP contribution in [0.3, 0.4) is 0 Å². The largest absolute Gasteiger partial charge is 0.399 e. The van der Waals surface area contributed by atoms with Crippen molar-refractivity contribution in [1.29, 1.82) is 5.26 Å². The number of rotatable bonds is 5. The lowest BCUT2D eigenvalue weighted by Crippen LogP contribution is -2.15. The van der Waals surface area contributed by atoms with Crippen LogP contribution in [-0.2, 0) is 10.8 Å². The average molecular weight is 251 g/mol. The van der Waals surface area contributed by atoms with Crippen LogP contribution < -0.4 is 11.1 Å². The topological polar surface area (TPSA) is 78.9 Å². The molecule has 0 aromatic heterocycles. The summed E-state index contributed by atoms with van der Waals surface area (Å²) in [7, 11) is -0.804. The molecule has 2 unspecified atom stereocenters. The van der Waals surface area contributed by atoms with Gasteiger partial charge in [-0.2, -0.15) is 5.26 Å². The minimum atomic E-state index is -0.804. The van der Waals surface area contributed by atoms with Crippen molar-refractivity contribution >= 4 is 22.2 Å². The molecule has 1 rings (SSSR count). The second kappa shape index (κ2) is 6.26. The summed E-state index contributed by atoms with van der Waals surface area (Å²) in [5.74, 6) is 0. The standard InChI is InChI=1S/C12H17N3OS/c1-9(17(2)16)5-6-15-12-4-3-11(14)7-10(12)8-13/h3-4,7,9,15H,5-6,14H2,1-2H3. The zero-order valence-electron chi connectivity index (χ0n) is 10.1. The Balaban J connectivity index is 2.58. The van der Waals surface area contributed by atoms with E-state index < -0.39 is 10.8 Å². The predicted octanol–water partition coefficient (Wildman–Crippen LogP) is 1.71. The minimum absolute atomic E-state index is 0.154. The smallest absolute Gasteiger partial charge is 0.101 e. The van der Waals surface area contributed by atoms with Gasteiger partial charge in [-0.1, -0.05) is 6.92 Å². The van der Waals surface area contributed by atoms with Gasteiger partial charge in [-0.25, -0.2) is 0 Å². The highest BCUT2D eigenvalue weighted by atomic mass is 32.2. The van der Waals surface area contributed by atoms with E-state index in [2.05, 4.69) is 11.4 Å². The molecular weight excluding hydrogens is 234 g/mol. The van der Waals surface area contributed by atoms with Gasteiger partial charge in [0.25, 0.3) is 0 Å². The maximum absolute atomic E-state index is 11.2. The molecule has 0 aliphatic heterocycles. The molecule has 2 atom stereocenters. The molecule has 5 heteroatoms. The van der Waals surface area contributed by atoms with Gasteiger partial charge < -0.3 is 11.1 Å². The maximum atomic E-state index is 11.2. The number of anilines is 2. The summed E-state index contributed by atoms with van der Waals surface area (Å²) in [4.78, 5) is 0. The van der Waals surface area contributed by atoms with Crippen LogP contribution in [0, 0.1) is 11.3 Å². The molecule has 17 heavy (non-hydrogen) atoms. The Kier molecular flexibility index (Phi) is 4.98. The van der Waals surface area contributed by atoms with Crippen LogP contribution in [0.5, 0.6) is 0 Å². The molecule has 0 heterocycles. The first-order valence-corrected chi connectivity index (χ1v) is 7.02. The molecule has 0 radical (unpaired) electrons. The number of nitriles is 1. The molecule has 0 bridgehead atoms. The molecule has 0 saturated heterocycles. The van der Waals surface area contributed by atoms with E-state index >= 15 is 0 Å². The number of benzene rings is 1. The fraction of sp³-hybridized carbons (Fsp3) is 0.417. The Morgan fingerprint density at radius 2 is 2.29 bits per heavy atom. The van der Waals surface area contributed by atoms with Gasteiger partial charge in [0.2, 0.25) is 0 Å². The van der Waals surface area contributed by atoms with E-state index in [9.17, 15) is 4.21 Å². The highest BCUT2D eigenvalue weighted by molar-refractivity contribution is 7.84. The van der Waals surface area contributed by atoms with Crippen LogP contribution in [0.1, 0.15) is 18.9 Å². The monoisotopic (exact) mass is 251 g/mol. The van der Waals surface area contributed by atoms with Crippen molar-refractivity contribution in [1.82, 2.24) is 0 Å². The minimum Gasteiger partial charge on any atom is -0.399 e. The molecule has 0 fully saturated rings. The van der Waals surface area contributed by atoms with Gasteiger partial charge in [-0.15, -0.1) is 0 Å². The van der Waals surface area contributed by atoms with Gasteiger partial charge in [0.15, 0.2) is 0 Å². The van der Waals surface area contributed by atoms with Crippen LogP contribution in [-0.4, -0.2) is 22.3 Å². The third-order valence-electron chi connectivity index (χ3n) is 2.60. The molecule has 0 spiro atoms. The highest BCUT2D eigenvalue weighted by Crippen LogP contribution is 2.18. The van der Waals surface area contributed by atoms with E-state index in [0.29, 0.717) is 17.8 Å². The van der Waals surface area contributed by atoms with Crippen LogP contribution in [0.2, 0.25) is 0 Å². The molecule has 3 N–H and O–H groups in total. The SMILES string of the molecule is CC(CCNc1ccc(N)cc1C#N)S(C)=O. The molecule has 0 aliphatic carbocycles. The predicted molar refractivity (Wildman–Crippen MR) is 72.2 cm³/mol. The van der Waals surface area contributed by atoms with Crippen molar-refractivity contribution in [3.63, 3.8) is 0 Å². The second-order valence-electron chi connectivity index (χ2n) is 3.94. The van der Waals surface area contributed by atoms with Gasteiger partial charge in [-0.3, -0.25) is 4.21 Å². The number of hydrogen-bond acceptors (Lipinski definition) is 4. The lowest BCUT2D eigenvalue weighted by Gasteiger charge is -2.11. The molecule has 1 aromatic carbocycles. The Hall–Kier alpha value is -1.54. The number of nitrogens with one attached hydrogen (secondary N) is 1. The van der Waals surface area contributed by atoms with Crippen LogP contribution in [0.15, 0.2) is 18.2 Å². The zero-order chi connectivity index (χ0) is 12.8. The third kappa shape index (κ3) is 4.08. The Bertz CT molecular complexity index is 454. The summed E-state index contributed by atoms with van der Waals surface area (Å²) >= 11 is 0. The van der Waals surface area contributed by atoms with E-state index in [4.69, 9.17) is 11.0 Å². The van der Waals surface area contributed by atoms with Crippen molar-refractivity contribution < 1.29 is 4.21 Å². The fourth-order valence-corrected chi connectivity index (χ4v) is 1.83. The Labute approximate surface area is 104 Å². The first-order chi connectivity index (χ1) is 8.04. The maximum Gasteiger partial charge on any atom is 0.101 e. The van der Waals surface area contributed by atoms with E-state index in [1.807, 2.05) is 6.92 Å². The zero-order valence-corrected chi connectivity index (χ0v) is 10.9. The number of hydrogen-bond donors (Lipinski definition) is 2. The summed E-state index contributed by atoms with van der Waals surface area (Å²) in [6.07, 6.45) is 2.51. The van der Waals surface area contributed by atoms with Crippen LogP contribution in [0.25, 0.3) is 0 Å². The molecule has 92 valence electrons. The van der Waals surface area contributed by atoms with Gasteiger partial charge in [-0.05, 0) is 24.6 Å². The van der Waals surface area contributed by atoms with Crippen molar-refractivity contribution in [2.75, 3.05) is 23.9 Å². The summed E-state index contributed by atoms with van der Waals surface area (Å²) in [6.45, 7) is 2.64. The summed E-state index contributed by atoms with van der Waals surface area (Å²) in [6, 6.07) is 7.29. The normalized spacial score (nSPS) is 13.7. The average Bonchev–Trinajstić information content (AvgIpc) is 2.30. The van der Waals surface area contributed by atoms with Gasteiger partial charge in [0.05, 0.1) is 11.3 Å². The fourth-order valence-electron chi connectivity index (χ4n) is 1.38. The van der Waals surface area contributed by atoms with Crippen molar-refractivity contribution in [2.24, 2.45) is 0 Å². The van der Waals surface area contributed by atoms with Crippen molar-refractivity contribution in [3.8, 4) is 6.07 Å². The van der Waals surface area contributed by atoms with Gasteiger partial charge in [0.1, 0.15) is 6.07 Å². The second-order valence-corrected chi connectivity index (χ2v) is 5.74. The Morgan fingerprint density at radius 1 is 1.59 bits per heavy atom. The number of nitrogens with zero attached hydrogens (tertiary/aromatic N) is 1. The van der Waals surface area contributed by atoms with E-state index in [-0.39, 0.29) is 5.25 Å². The van der Waals surface area contributed by atoms with Gasteiger partial charge in [0, 0.05) is 34.5 Å². The van der Waals surface area contributed by atoms with Crippen molar-refractivity contribution in [3.05, 3.63) is 23.8 Å². The Morgan fingerprint density at radius 3 is 2.88 bits per heavy atom. The molecular formula is C12H17N3OS. The lowest BCUT2D eigenvalue weighted by molar-refractivity contribution is 0.672. The third-order valence-corrected chi connectivity index (χ3v) is 3.97. The van der Waals surface area contributed by atoms with E-state index in [1.54, 1.807) is 24.5 Å². The molecule has 0 aliphatic rings. The van der Waals surface area contributed by atoms with E-state index in [0.717, 1.165) is 12.1 Å². The lowest BCUT2D eigenvalue weighted by atomic mass is 10.1. The molecule has 4 nitrogen and oxygen atoms in total. The molecule has 1 aromatic rings.